The maximum Gasteiger partial charge on any atom is 0.416 e. The summed E-state index contributed by atoms with van der Waals surface area (Å²) in [5, 5.41) is 5.72. The van der Waals surface area contributed by atoms with E-state index in [1.54, 1.807) is 18.2 Å². The molecule has 2 aromatic carbocycles. The van der Waals surface area contributed by atoms with Crippen LogP contribution in [-0.4, -0.2) is 25.8 Å². The topological polar surface area (TPSA) is 95.6 Å². The van der Waals surface area contributed by atoms with Crippen LogP contribution in [0.4, 0.5) is 30.6 Å². The number of alkyl halides is 3. The van der Waals surface area contributed by atoms with Crippen molar-refractivity contribution in [2.45, 2.75) is 13.1 Å². The van der Waals surface area contributed by atoms with Gasteiger partial charge in [0, 0.05) is 18.6 Å². The van der Waals surface area contributed by atoms with Crippen LogP contribution in [-0.2, 0) is 11.0 Å². The van der Waals surface area contributed by atoms with Crippen LogP contribution in [0.15, 0.2) is 54.9 Å². The normalized spacial score (nSPS) is 11.5. The molecule has 0 radical (unpaired) electrons. The van der Waals surface area contributed by atoms with Crippen LogP contribution in [0.25, 0.3) is 22.3 Å². The van der Waals surface area contributed by atoms with Crippen LogP contribution in [0, 0.1) is 0 Å². The zero-order valence-corrected chi connectivity index (χ0v) is 15.6. The monoisotopic (exact) mass is 412 g/mol. The number of amides is 1. The Morgan fingerprint density at radius 3 is 2.53 bits per heavy atom. The lowest BCUT2D eigenvalue weighted by Gasteiger charge is -2.09. The highest BCUT2D eigenvalue weighted by molar-refractivity contribution is 5.94. The molecular weight excluding hydrogens is 397 g/mol. The zero-order valence-electron chi connectivity index (χ0n) is 15.6. The quantitative estimate of drug-likeness (QED) is 0.450. The Labute approximate surface area is 168 Å². The fourth-order valence-corrected chi connectivity index (χ4v) is 2.91. The highest BCUT2D eigenvalue weighted by Gasteiger charge is 2.30. The number of hydrogen-bond acceptors (Lipinski definition) is 5. The first-order valence-corrected chi connectivity index (χ1v) is 8.82. The number of imidazole rings is 1. The number of nitrogens with zero attached hydrogens (tertiary/aromatic N) is 3. The van der Waals surface area contributed by atoms with Crippen LogP contribution >= 0.6 is 0 Å². The van der Waals surface area contributed by atoms with Crippen LogP contribution in [0.5, 0.6) is 0 Å². The zero-order chi connectivity index (χ0) is 21.3. The molecule has 0 atom stereocenters. The van der Waals surface area contributed by atoms with Crippen molar-refractivity contribution in [2.75, 3.05) is 10.6 Å². The van der Waals surface area contributed by atoms with E-state index in [1.165, 1.54) is 25.4 Å². The van der Waals surface area contributed by atoms with Gasteiger partial charge >= 0.3 is 6.18 Å². The molecule has 2 aromatic heterocycles. The molecule has 7 nitrogen and oxygen atoms in total. The summed E-state index contributed by atoms with van der Waals surface area (Å²) in [6, 6.07) is 11.8. The molecule has 3 N–H and O–H groups in total. The predicted octanol–water partition coefficient (Wildman–Crippen LogP) is 4.74. The minimum absolute atomic E-state index is 0.249. The van der Waals surface area contributed by atoms with E-state index >= 15 is 0 Å². The van der Waals surface area contributed by atoms with Crippen molar-refractivity contribution in [1.82, 2.24) is 19.9 Å². The van der Waals surface area contributed by atoms with Gasteiger partial charge in [-0.25, -0.2) is 15.0 Å². The van der Waals surface area contributed by atoms with Gasteiger partial charge in [-0.2, -0.15) is 13.2 Å². The van der Waals surface area contributed by atoms with Crippen molar-refractivity contribution in [3.05, 3.63) is 60.4 Å². The first-order valence-electron chi connectivity index (χ1n) is 8.82. The minimum Gasteiger partial charge on any atom is -0.338 e. The SMILES string of the molecule is CC(=O)Nc1nc2c(Nc3cc(-c4ccc(C(F)(F)F)cc4)ncn3)cccc2[nH]1. The second-order valence-corrected chi connectivity index (χ2v) is 6.46. The molecule has 0 unspecified atom stereocenters. The maximum atomic E-state index is 12.8. The van der Waals surface area contributed by atoms with E-state index in [-0.39, 0.29) is 5.91 Å². The summed E-state index contributed by atoms with van der Waals surface area (Å²) in [4.78, 5) is 26.9. The van der Waals surface area contributed by atoms with E-state index in [0.717, 1.165) is 12.1 Å². The molecule has 10 heteroatoms. The van der Waals surface area contributed by atoms with Gasteiger partial charge in [0.2, 0.25) is 11.9 Å². The van der Waals surface area contributed by atoms with Gasteiger partial charge in [0.25, 0.3) is 0 Å². The molecule has 30 heavy (non-hydrogen) atoms. The fourth-order valence-electron chi connectivity index (χ4n) is 2.91. The van der Waals surface area contributed by atoms with Gasteiger partial charge in [0.15, 0.2) is 0 Å². The Bertz CT molecular complexity index is 1220. The summed E-state index contributed by atoms with van der Waals surface area (Å²) in [6.07, 6.45) is -3.07. The molecule has 2 heterocycles. The Morgan fingerprint density at radius 1 is 1.07 bits per heavy atom. The Morgan fingerprint density at radius 2 is 1.83 bits per heavy atom. The van der Waals surface area contributed by atoms with Crippen LogP contribution < -0.4 is 10.6 Å². The summed E-state index contributed by atoms with van der Waals surface area (Å²) in [6.45, 7) is 1.38. The molecule has 0 spiro atoms. The number of carbonyl (C=O) groups excluding carboxylic acids is 1. The number of hydrogen-bond donors (Lipinski definition) is 3. The highest BCUT2D eigenvalue weighted by atomic mass is 19.4. The molecule has 0 bridgehead atoms. The van der Waals surface area contributed by atoms with Gasteiger partial charge in [-0.1, -0.05) is 18.2 Å². The predicted molar refractivity (Wildman–Crippen MR) is 106 cm³/mol. The van der Waals surface area contributed by atoms with Gasteiger partial charge in [-0.3, -0.25) is 10.1 Å². The second-order valence-electron chi connectivity index (χ2n) is 6.46. The van der Waals surface area contributed by atoms with E-state index in [9.17, 15) is 18.0 Å². The molecule has 152 valence electrons. The van der Waals surface area contributed by atoms with Crippen LogP contribution in [0.2, 0.25) is 0 Å². The summed E-state index contributed by atoms with van der Waals surface area (Å²) in [5.74, 6) is 0.511. The standard InChI is InChI=1S/C20H15F3N6O/c1-11(30)26-19-28-15-4-2-3-14(18(15)29-19)27-17-9-16(24-10-25-17)12-5-7-13(8-6-12)20(21,22)23/h2-10H,1H3,(H,24,25,27)(H2,26,28,29,30). The number of H-pyrrole nitrogens is 1. The summed E-state index contributed by atoms with van der Waals surface area (Å²) in [5.41, 5.74) is 2.21. The summed E-state index contributed by atoms with van der Waals surface area (Å²) >= 11 is 0. The maximum absolute atomic E-state index is 12.8. The number of nitrogens with one attached hydrogen (secondary N) is 3. The lowest BCUT2D eigenvalue weighted by Crippen LogP contribution is -2.06. The molecule has 0 saturated carbocycles. The third kappa shape index (κ3) is 4.07. The van der Waals surface area contributed by atoms with E-state index < -0.39 is 11.7 Å². The van der Waals surface area contributed by atoms with Crippen molar-refractivity contribution >= 4 is 34.4 Å². The van der Waals surface area contributed by atoms with Gasteiger partial charge in [-0.05, 0) is 24.3 Å². The van der Waals surface area contributed by atoms with E-state index in [0.29, 0.717) is 39.7 Å². The largest absolute Gasteiger partial charge is 0.416 e. The minimum atomic E-state index is -4.39. The molecule has 1 amide bonds. The highest BCUT2D eigenvalue weighted by Crippen LogP contribution is 2.31. The van der Waals surface area contributed by atoms with Gasteiger partial charge in [0.1, 0.15) is 17.7 Å². The van der Waals surface area contributed by atoms with E-state index in [2.05, 4.69) is 30.6 Å². The number of aromatic nitrogens is 4. The van der Waals surface area contributed by atoms with Crippen LogP contribution in [0.1, 0.15) is 12.5 Å². The van der Waals surface area contributed by atoms with Crippen molar-refractivity contribution in [1.29, 1.82) is 0 Å². The molecule has 4 rings (SSSR count). The third-order valence-corrected chi connectivity index (χ3v) is 4.24. The van der Waals surface area contributed by atoms with Crippen molar-refractivity contribution in [2.24, 2.45) is 0 Å². The lowest BCUT2D eigenvalue weighted by atomic mass is 10.1. The van der Waals surface area contributed by atoms with E-state index in [4.69, 9.17) is 0 Å². The smallest absolute Gasteiger partial charge is 0.338 e. The number of rotatable bonds is 4. The number of benzene rings is 2. The Hall–Kier alpha value is -3.95. The first-order chi connectivity index (χ1) is 14.3. The van der Waals surface area contributed by atoms with Gasteiger partial charge in [-0.15, -0.1) is 0 Å². The van der Waals surface area contributed by atoms with Crippen molar-refractivity contribution < 1.29 is 18.0 Å². The number of aromatic amines is 1. The molecule has 0 aliphatic heterocycles. The average Bonchev–Trinajstić information content (AvgIpc) is 3.10. The van der Waals surface area contributed by atoms with Gasteiger partial charge in [0.05, 0.1) is 22.5 Å². The molecule has 0 fully saturated rings. The van der Waals surface area contributed by atoms with Crippen molar-refractivity contribution in [3.63, 3.8) is 0 Å². The molecule has 0 saturated heterocycles. The summed E-state index contributed by atoms with van der Waals surface area (Å²) in [7, 11) is 0. The number of halogens is 3. The summed E-state index contributed by atoms with van der Waals surface area (Å²) < 4.78 is 38.3. The second kappa shape index (κ2) is 7.47. The Balaban J connectivity index is 1.62. The average molecular weight is 412 g/mol. The van der Waals surface area contributed by atoms with Crippen molar-refractivity contribution in [3.8, 4) is 11.3 Å². The fraction of sp³-hybridized carbons (Fsp3) is 0.100. The molecule has 0 aliphatic rings. The molecule has 0 aliphatic carbocycles. The van der Waals surface area contributed by atoms with Crippen LogP contribution in [0.3, 0.4) is 0 Å². The van der Waals surface area contributed by atoms with Gasteiger partial charge < -0.3 is 10.3 Å². The number of anilines is 3. The lowest BCUT2D eigenvalue weighted by molar-refractivity contribution is -0.137. The third-order valence-electron chi connectivity index (χ3n) is 4.24. The number of carbonyl (C=O) groups is 1. The van der Waals surface area contributed by atoms with E-state index in [1.807, 2.05) is 6.07 Å². The Kier molecular flexibility index (Phi) is 4.82. The number of para-hydroxylation sites is 1. The molecular formula is C20H15F3N6O. The molecule has 4 aromatic rings. The number of fused-ring (bicyclic) bond motifs is 1. The first kappa shape index (κ1) is 19.4.